The zero-order valence-corrected chi connectivity index (χ0v) is 33.2. The van der Waals surface area contributed by atoms with Crippen LogP contribution in [0.3, 0.4) is 0 Å². The second-order valence-corrected chi connectivity index (χ2v) is 15.7. The monoisotopic (exact) mass is 778 g/mol. The van der Waals surface area contributed by atoms with Crippen LogP contribution in [0.15, 0.2) is 235 Å². The lowest BCUT2D eigenvalue weighted by Crippen LogP contribution is -2.10. The molecule has 0 aliphatic heterocycles. The van der Waals surface area contributed by atoms with E-state index in [0.717, 1.165) is 55.8 Å². The van der Waals surface area contributed by atoms with E-state index < -0.39 is 0 Å². The average molecular weight is 779 g/mol. The summed E-state index contributed by atoms with van der Waals surface area (Å²) in [7, 11) is 0. The smallest absolute Gasteiger partial charge is 0.136 e. The molecular weight excluding hydrogens is 741 g/mol. The van der Waals surface area contributed by atoms with E-state index in [9.17, 15) is 0 Å². The normalized spacial score (nSPS) is 11.6. The van der Waals surface area contributed by atoms with Crippen LogP contribution in [0.25, 0.3) is 93.6 Å². The molecule has 0 unspecified atom stereocenters. The third kappa shape index (κ3) is 5.98. The van der Waals surface area contributed by atoms with Gasteiger partial charge in [-0.1, -0.05) is 158 Å². The van der Waals surface area contributed by atoms with E-state index in [1.807, 2.05) is 12.1 Å². The molecule has 0 saturated carbocycles. The number of hydrogen-bond acceptors (Lipinski definition) is 2. The molecule has 0 spiro atoms. The second-order valence-electron chi connectivity index (χ2n) is 15.7. The minimum atomic E-state index is 0.911. The molecule has 0 atom stereocenters. The van der Waals surface area contributed by atoms with Gasteiger partial charge in [0.05, 0.1) is 16.7 Å². The van der Waals surface area contributed by atoms with Gasteiger partial charge < -0.3 is 13.9 Å². The molecule has 3 nitrogen and oxygen atoms in total. The Kier molecular flexibility index (Phi) is 8.17. The third-order valence-corrected chi connectivity index (χ3v) is 12.2. The molecule has 12 rings (SSSR count). The fourth-order valence-corrected chi connectivity index (χ4v) is 9.22. The number of furan rings is 1. The van der Waals surface area contributed by atoms with Crippen LogP contribution < -0.4 is 4.90 Å². The Hall–Kier alpha value is -8.14. The van der Waals surface area contributed by atoms with E-state index in [0.29, 0.717) is 0 Å². The minimum absolute atomic E-state index is 0.911. The molecule has 0 bridgehead atoms. The molecule has 0 amide bonds. The highest BCUT2D eigenvalue weighted by Gasteiger charge is 2.17. The summed E-state index contributed by atoms with van der Waals surface area (Å²) in [6.07, 6.45) is 0. The van der Waals surface area contributed by atoms with Gasteiger partial charge in [-0.15, -0.1) is 0 Å². The van der Waals surface area contributed by atoms with Gasteiger partial charge in [-0.2, -0.15) is 0 Å². The zero-order valence-electron chi connectivity index (χ0n) is 33.2. The Morgan fingerprint density at radius 1 is 0.311 bits per heavy atom. The van der Waals surface area contributed by atoms with Crippen molar-refractivity contribution >= 4 is 71.6 Å². The quantitative estimate of drug-likeness (QED) is 0.161. The summed E-state index contributed by atoms with van der Waals surface area (Å²) in [5.74, 6) is 0. The molecule has 2 aromatic heterocycles. The van der Waals surface area contributed by atoms with Gasteiger partial charge in [0.2, 0.25) is 0 Å². The first-order valence-corrected chi connectivity index (χ1v) is 20.8. The molecule has 286 valence electrons. The number of hydrogen-bond donors (Lipinski definition) is 0. The highest BCUT2D eigenvalue weighted by atomic mass is 16.3. The van der Waals surface area contributed by atoms with Crippen molar-refractivity contribution in [3.63, 3.8) is 0 Å². The van der Waals surface area contributed by atoms with Gasteiger partial charge in [0.15, 0.2) is 0 Å². The lowest BCUT2D eigenvalue weighted by Gasteiger charge is -2.27. The molecule has 0 N–H and O–H groups in total. The summed E-state index contributed by atoms with van der Waals surface area (Å²) in [5, 5.41) is 7.23. The van der Waals surface area contributed by atoms with Crippen molar-refractivity contribution < 1.29 is 4.42 Å². The Morgan fingerprint density at radius 3 is 1.46 bits per heavy atom. The molecule has 10 aromatic carbocycles. The van der Waals surface area contributed by atoms with E-state index in [1.165, 1.54) is 54.8 Å². The number of aromatic nitrogens is 1. The molecule has 0 saturated heterocycles. The van der Waals surface area contributed by atoms with E-state index in [1.54, 1.807) is 0 Å². The lowest BCUT2D eigenvalue weighted by molar-refractivity contribution is 0.669. The van der Waals surface area contributed by atoms with Crippen molar-refractivity contribution in [3.8, 4) is 39.1 Å². The maximum Gasteiger partial charge on any atom is 0.136 e. The van der Waals surface area contributed by atoms with Crippen molar-refractivity contribution in [2.24, 2.45) is 0 Å². The van der Waals surface area contributed by atoms with Crippen molar-refractivity contribution in [3.05, 3.63) is 231 Å². The Balaban J connectivity index is 0.878. The molecule has 0 aliphatic carbocycles. The van der Waals surface area contributed by atoms with Crippen molar-refractivity contribution in [2.75, 3.05) is 4.90 Å². The van der Waals surface area contributed by atoms with Crippen molar-refractivity contribution in [2.45, 2.75) is 0 Å². The van der Waals surface area contributed by atoms with E-state index >= 15 is 0 Å². The Labute approximate surface area is 353 Å². The van der Waals surface area contributed by atoms with Crippen LogP contribution in [0, 0.1) is 0 Å². The van der Waals surface area contributed by atoms with Crippen molar-refractivity contribution in [1.82, 2.24) is 4.57 Å². The zero-order chi connectivity index (χ0) is 40.3. The molecule has 3 heteroatoms. The summed E-state index contributed by atoms with van der Waals surface area (Å²) in [6, 6.07) is 83.0. The topological polar surface area (TPSA) is 21.3 Å². The Morgan fingerprint density at radius 2 is 0.787 bits per heavy atom. The fourth-order valence-electron chi connectivity index (χ4n) is 9.22. The molecule has 61 heavy (non-hydrogen) atoms. The SMILES string of the molecule is c1cc(-c2ccc(N(c3ccc(-c4ccc(-c5ccc6c(c5)oc5ccccc56)cc4)cc3)c3cccc4ccccc34)cc2)cc(-n2c3ccccc3c3ccccc32)c1. The molecule has 0 radical (unpaired) electrons. The van der Waals surface area contributed by atoms with Gasteiger partial charge in [0.1, 0.15) is 11.2 Å². The predicted molar refractivity (Wildman–Crippen MR) is 257 cm³/mol. The van der Waals surface area contributed by atoms with Crippen LogP contribution in [-0.2, 0) is 0 Å². The van der Waals surface area contributed by atoms with Crippen molar-refractivity contribution in [1.29, 1.82) is 0 Å². The molecule has 12 aromatic rings. The van der Waals surface area contributed by atoms with E-state index in [-0.39, 0.29) is 0 Å². The van der Waals surface area contributed by atoms with E-state index in [4.69, 9.17) is 4.42 Å². The maximum absolute atomic E-state index is 6.19. The number of fused-ring (bicyclic) bond motifs is 7. The fraction of sp³-hybridized carbons (Fsp3) is 0. The largest absolute Gasteiger partial charge is 0.456 e. The highest BCUT2D eigenvalue weighted by Crippen LogP contribution is 2.41. The summed E-state index contributed by atoms with van der Waals surface area (Å²) < 4.78 is 8.57. The lowest BCUT2D eigenvalue weighted by atomic mass is 9.99. The van der Waals surface area contributed by atoms with Crippen LogP contribution in [-0.4, -0.2) is 4.57 Å². The first-order valence-electron chi connectivity index (χ1n) is 20.8. The highest BCUT2D eigenvalue weighted by molar-refractivity contribution is 6.09. The standard InChI is InChI=1S/C58H38N2O/c1-2-15-49-43(11-1)12-10-21-54(49)59(46-32-27-40(28-33-46)39-23-25-41(26-24-39)45-31-36-53-52-18-5-8-22-57(52)61-58(53)38-45)47-34-29-42(30-35-47)44-13-9-14-48(37-44)60-55-19-6-3-16-50(55)51-17-4-7-20-56(51)60/h1-38H. The summed E-state index contributed by atoms with van der Waals surface area (Å²) in [6.45, 7) is 0. The number of rotatable bonds is 7. The van der Waals surface area contributed by atoms with E-state index in [2.05, 4.69) is 228 Å². The second kappa shape index (κ2) is 14.3. The Bertz CT molecular complexity index is 3520. The first-order chi connectivity index (χ1) is 30.2. The first kappa shape index (κ1) is 34.9. The molecular formula is C58H38N2O. The molecule has 0 aliphatic rings. The summed E-state index contributed by atoms with van der Waals surface area (Å²) in [5.41, 5.74) is 15.7. The van der Waals surface area contributed by atoms with Gasteiger partial charge >= 0.3 is 0 Å². The number of nitrogens with zero attached hydrogens (tertiary/aromatic N) is 2. The van der Waals surface area contributed by atoms with Gasteiger partial charge in [-0.25, -0.2) is 0 Å². The maximum atomic E-state index is 6.19. The minimum Gasteiger partial charge on any atom is -0.456 e. The van der Waals surface area contributed by atoms with Gasteiger partial charge in [-0.05, 0) is 112 Å². The van der Waals surface area contributed by atoms with Crippen LogP contribution in [0.4, 0.5) is 17.1 Å². The van der Waals surface area contributed by atoms with Crippen LogP contribution >= 0.6 is 0 Å². The van der Waals surface area contributed by atoms with Gasteiger partial charge in [0.25, 0.3) is 0 Å². The number of benzene rings is 10. The third-order valence-electron chi connectivity index (χ3n) is 12.2. The average Bonchev–Trinajstić information content (AvgIpc) is 3.88. The van der Waals surface area contributed by atoms with Crippen LogP contribution in [0.5, 0.6) is 0 Å². The van der Waals surface area contributed by atoms with Crippen LogP contribution in [0.2, 0.25) is 0 Å². The van der Waals surface area contributed by atoms with Gasteiger partial charge in [-0.3, -0.25) is 0 Å². The van der Waals surface area contributed by atoms with Crippen LogP contribution in [0.1, 0.15) is 0 Å². The summed E-state index contributed by atoms with van der Waals surface area (Å²) >= 11 is 0. The molecule has 2 heterocycles. The van der Waals surface area contributed by atoms with Gasteiger partial charge in [0, 0.05) is 44.0 Å². The number of anilines is 3. The number of para-hydroxylation sites is 3. The predicted octanol–water partition coefficient (Wildman–Crippen LogP) is 16.3. The summed E-state index contributed by atoms with van der Waals surface area (Å²) in [4.78, 5) is 2.38. The molecule has 0 fully saturated rings.